The summed E-state index contributed by atoms with van der Waals surface area (Å²) < 4.78 is 4.41. The van der Waals surface area contributed by atoms with Gasteiger partial charge in [0.25, 0.3) is 0 Å². The molecule has 0 aromatic heterocycles. The Morgan fingerprint density at radius 1 is 1.09 bits per heavy atom. The Balaban J connectivity index is 2.39. The normalized spacial score (nSPS) is 15.6. The summed E-state index contributed by atoms with van der Waals surface area (Å²) in [6, 6.07) is -1.13. The molecular formula is C15H24N2O6. The third kappa shape index (κ3) is 7.12. The van der Waals surface area contributed by atoms with Gasteiger partial charge < -0.3 is 20.1 Å². The third-order valence-electron chi connectivity index (χ3n) is 3.77. The monoisotopic (exact) mass is 328 g/mol. The minimum Gasteiger partial charge on any atom is -0.480 e. The predicted octanol–water partition coefficient (Wildman–Crippen LogP) is 0.302. The maximum absolute atomic E-state index is 12.0. The summed E-state index contributed by atoms with van der Waals surface area (Å²) in [5, 5.41) is 11.5. The minimum atomic E-state index is -1.19. The van der Waals surface area contributed by atoms with E-state index < -0.39 is 23.9 Å². The van der Waals surface area contributed by atoms with Gasteiger partial charge in [-0.25, -0.2) is 4.79 Å². The number of ether oxygens (including phenoxy) is 1. The van der Waals surface area contributed by atoms with Gasteiger partial charge in [0.05, 0.1) is 13.5 Å². The van der Waals surface area contributed by atoms with E-state index in [0.29, 0.717) is 13.1 Å². The molecule has 0 spiro atoms. The van der Waals surface area contributed by atoms with Crippen molar-refractivity contribution in [2.24, 2.45) is 0 Å². The van der Waals surface area contributed by atoms with Crippen LogP contribution < -0.4 is 5.32 Å². The van der Waals surface area contributed by atoms with Crippen LogP contribution in [0.3, 0.4) is 0 Å². The number of carboxylic acid groups (broad SMARTS) is 1. The lowest BCUT2D eigenvalue weighted by Gasteiger charge is -2.27. The van der Waals surface area contributed by atoms with E-state index in [-0.39, 0.29) is 31.6 Å². The van der Waals surface area contributed by atoms with Gasteiger partial charge in [-0.05, 0) is 25.7 Å². The number of rotatable bonds is 8. The van der Waals surface area contributed by atoms with Crippen molar-refractivity contribution >= 4 is 23.8 Å². The molecule has 0 aromatic carbocycles. The second kappa shape index (κ2) is 9.81. The largest absolute Gasteiger partial charge is 0.480 e. The summed E-state index contributed by atoms with van der Waals surface area (Å²) in [7, 11) is 1.21. The number of amides is 2. The van der Waals surface area contributed by atoms with Crippen molar-refractivity contribution in [2.75, 3.05) is 20.2 Å². The van der Waals surface area contributed by atoms with Crippen LogP contribution in [0.5, 0.6) is 0 Å². The van der Waals surface area contributed by atoms with Crippen molar-refractivity contribution < 1.29 is 29.0 Å². The highest BCUT2D eigenvalue weighted by Crippen LogP contribution is 2.11. The Labute approximate surface area is 135 Å². The fraction of sp³-hybridized carbons (Fsp3) is 0.733. The van der Waals surface area contributed by atoms with Crippen LogP contribution in [-0.2, 0) is 23.9 Å². The Kier molecular flexibility index (Phi) is 8.07. The van der Waals surface area contributed by atoms with E-state index in [1.165, 1.54) is 7.11 Å². The van der Waals surface area contributed by atoms with Gasteiger partial charge in [0.1, 0.15) is 6.04 Å². The number of aliphatic carboxylic acids is 1. The van der Waals surface area contributed by atoms with Crippen LogP contribution >= 0.6 is 0 Å². The number of likely N-dealkylation sites (tertiary alicyclic amines) is 1. The summed E-state index contributed by atoms with van der Waals surface area (Å²) >= 11 is 0. The molecule has 0 aromatic rings. The van der Waals surface area contributed by atoms with Gasteiger partial charge in [-0.2, -0.15) is 0 Å². The van der Waals surface area contributed by atoms with Crippen molar-refractivity contribution in [3.05, 3.63) is 0 Å². The van der Waals surface area contributed by atoms with E-state index in [2.05, 4.69) is 10.1 Å². The Bertz CT molecular complexity index is 445. The summed E-state index contributed by atoms with van der Waals surface area (Å²) in [6.07, 6.45) is 2.91. The van der Waals surface area contributed by atoms with Crippen molar-refractivity contribution in [3.63, 3.8) is 0 Å². The smallest absolute Gasteiger partial charge is 0.326 e. The minimum absolute atomic E-state index is 0.0363. The molecule has 2 amide bonds. The number of nitrogens with one attached hydrogen (secondary N) is 1. The van der Waals surface area contributed by atoms with Crippen LogP contribution in [0.1, 0.15) is 44.9 Å². The van der Waals surface area contributed by atoms with Crippen molar-refractivity contribution in [3.8, 4) is 0 Å². The standard InChI is InChI=1S/C15H24N2O6/c1-23-14(20)8-6-12(18)16-11(15(21)22)5-7-13(19)17-9-3-2-4-10-17/h11H,2-10H2,1H3,(H,16,18)(H,21,22). The topological polar surface area (TPSA) is 113 Å². The summed E-state index contributed by atoms with van der Waals surface area (Å²) in [5.41, 5.74) is 0. The van der Waals surface area contributed by atoms with Crippen molar-refractivity contribution in [1.29, 1.82) is 0 Å². The third-order valence-corrected chi connectivity index (χ3v) is 3.77. The molecule has 1 aliphatic rings. The molecule has 23 heavy (non-hydrogen) atoms. The number of piperidine rings is 1. The molecule has 0 radical (unpaired) electrons. The number of carbonyl (C=O) groups is 4. The van der Waals surface area contributed by atoms with Gasteiger partial charge in [0.15, 0.2) is 0 Å². The molecule has 1 unspecified atom stereocenters. The lowest BCUT2D eigenvalue weighted by Crippen LogP contribution is -2.42. The van der Waals surface area contributed by atoms with E-state index in [1.54, 1.807) is 4.90 Å². The molecule has 0 aliphatic carbocycles. The summed E-state index contributed by atoms with van der Waals surface area (Å²) in [4.78, 5) is 47.6. The van der Waals surface area contributed by atoms with Crippen LogP contribution in [0, 0.1) is 0 Å². The van der Waals surface area contributed by atoms with Gasteiger partial charge in [-0.1, -0.05) is 0 Å². The number of hydrogen-bond acceptors (Lipinski definition) is 5. The Morgan fingerprint density at radius 3 is 2.30 bits per heavy atom. The number of hydrogen-bond donors (Lipinski definition) is 2. The fourth-order valence-corrected chi connectivity index (χ4v) is 2.41. The molecule has 2 N–H and O–H groups in total. The zero-order valence-corrected chi connectivity index (χ0v) is 13.4. The van der Waals surface area contributed by atoms with Gasteiger partial charge in [-0.15, -0.1) is 0 Å². The first kappa shape index (κ1) is 18.9. The molecule has 1 saturated heterocycles. The van der Waals surface area contributed by atoms with Gasteiger partial charge >= 0.3 is 11.9 Å². The maximum Gasteiger partial charge on any atom is 0.326 e. The first-order valence-electron chi connectivity index (χ1n) is 7.80. The molecule has 130 valence electrons. The lowest BCUT2D eigenvalue weighted by molar-refractivity contribution is -0.143. The highest BCUT2D eigenvalue weighted by atomic mass is 16.5. The second-order valence-electron chi connectivity index (χ2n) is 5.51. The van der Waals surface area contributed by atoms with E-state index in [0.717, 1.165) is 19.3 Å². The molecule has 0 saturated carbocycles. The van der Waals surface area contributed by atoms with Crippen LogP contribution in [0.25, 0.3) is 0 Å². The SMILES string of the molecule is COC(=O)CCC(=O)NC(CCC(=O)N1CCCCC1)C(=O)O. The van der Waals surface area contributed by atoms with E-state index in [4.69, 9.17) is 5.11 Å². The van der Waals surface area contributed by atoms with E-state index in [9.17, 15) is 19.2 Å². The first-order valence-corrected chi connectivity index (χ1v) is 7.80. The molecular weight excluding hydrogens is 304 g/mol. The van der Waals surface area contributed by atoms with Crippen molar-refractivity contribution in [1.82, 2.24) is 10.2 Å². The van der Waals surface area contributed by atoms with Crippen LogP contribution in [0.15, 0.2) is 0 Å². The predicted molar refractivity (Wildman–Crippen MR) is 80.5 cm³/mol. The highest BCUT2D eigenvalue weighted by molar-refractivity contribution is 5.86. The number of methoxy groups -OCH3 is 1. The average Bonchev–Trinajstić information content (AvgIpc) is 2.56. The van der Waals surface area contributed by atoms with Crippen LogP contribution in [0.4, 0.5) is 0 Å². The number of esters is 1. The highest BCUT2D eigenvalue weighted by Gasteiger charge is 2.23. The summed E-state index contributed by atoms with van der Waals surface area (Å²) in [5.74, 6) is -2.36. The first-order chi connectivity index (χ1) is 10.9. The fourth-order valence-electron chi connectivity index (χ4n) is 2.41. The quantitative estimate of drug-likeness (QED) is 0.620. The van der Waals surface area contributed by atoms with Crippen LogP contribution in [-0.4, -0.2) is 60.0 Å². The maximum atomic E-state index is 12.0. The van der Waals surface area contributed by atoms with Gasteiger partial charge in [-0.3, -0.25) is 14.4 Å². The molecule has 1 fully saturated rings. The van der Waals surface area contributed by atoms with Gasteiger partial charge in [0.2, 0.25) is 11.8 Å². The Hall–Kier alpha value is -2.12. The molecule has 1 rings (SSSR count). The summed E-state index contributed by atoms with van der Waals surface area (Å²) in [6.45, 7) is 1.42. The lowest BCUT2D eigenvalue weighted by atomic mass is 10.1. The Morgan fingerprint density at radius 2 is 1.74 bits per heavy atom. The zero-order valence-electron chi connectivity index (χ0n) is 13.4. The second-order valence-corrected chi connectivity index (χ2v) is 5.51. The molecule has 8 heteroatoms. The molecule has 1 aliphatic heterocycles. The van der Waals surface area contributed by atoms with Crippen LogP contribution in [0.2, 0.25) is 0 Å². The van der Waals surface area contributed by atoms with E-state index >= 15 is 0 Å². The average molecular weight is 328 g/mol. The molecule has 1 atom stereocenters. The molecule has 0 bridgehead atoms. The van der Waals surface area contributed by atoms with Crippen molar-refractivity contribution in [2.45, 2.75) is 51.0 Å². The zero-order chi connectivity index (χ0) is 17.2. The number of carboxylic acids is 1. The molecule has 8 nitrogen and oxygen atoms in total. The van der Waals surface area contributed by atoms with E-state index in [1.807, 2.05) is 0 Å². The molecule has 1 heterocycles. The number of carbonyl (C=O) groups excluding carboxylic acids is 3. The van der Waals surface area contributed by atoms with Gasteiger partial charge in [0, 0.05) is 25.9 Å². The number of nitrogens with zero attached hydrogens (tertiary/aromatic N) is 1.